The smallest absolute Gasteiger partial charge is 0.254 e. The van der Waals surface area contributed by atoms with E-state index in [2.05, 4.69) is 30.8 Å². The molecule has 1 aliphatic heterocycles. The first-order valence-corrected chi connectivity index (χ1v) is 14.6. The van der Waals surface area contributed by atoms with Crippen molar-refractivity contribution in [2.45, 2.75) is 38.1 Å². The van der Waals surface area contributed by atoms with Gasteiger partial charge in [-0.1, -0.05) is 19.3 Å². The fourth-order valence-electron chi connectivity index (χ4n) is 5.31. The minimum Gasteiger partial charge on any atom is -0.495 e. The maximum Gasteiger partial charge on any atom is 0.254 e. The van der Waals surface area contributed by atoms with Crippen molar-refractivity contribution in [2.75, 3.05) is 51.0 Å². The minimum absolute atomic E-state index is 0.0678. The topological polar surface area (TPSA) is 155 Å². The summed E-state index contributed by atoms with van der Waals surface area (Å²) in [5, 5.41) is 9.34. The van der Waals surface area contributed by atoms with Crippen molar-refractivity contribution in [3.05, 3.63) is 65.4 Å². The first-order valence-electron chi connectivity index (χ1n) is 14.6. The zero-order valence-electron chi connectivity index (χ0n) is 24.6. The Morgan fingerprint density at radius 3 is 2.30 bits per heavy atom. The van der Waals surface area contributed by atoms with Crippen molar-refractivity contribution in [3.63, 3.8) is 0 Å². The predicted molar refractivity (Wildman–Crippen MR) is 164 cm³/mol. The second-order valence-corrected chi connectivity index (χ2v) is 11.0. The van der Waals surface area contributed by atoms with Gasteiger partial charge < -0.3 is 36.2 Å². The number of carbonyl (C=O) groups excluding carboxylic acids is 3. The van der Waals surface area contributed by atoms with Crippen molar-refractivity contribution < 1.29 is 19.1 Å². The standard InChI is InChI=1S/C31H38N8O4/c1-38-14-16-39(17-15-38)30(42)21-10-13-25(26(18-21)43-2)36-28-24(27(32)40)19-33-31(37-28)35-23-11-8-20(9-12-23)29(41)34-22-6-4-3-5-7-22/h8-13,18-19,22H,3-7,14-17H2,1-2H3,(H2,32,40)(H,34,41)(H2,33,35,36,37). The van der Waals surface area contributed by atoms with Gasteiger partial charge in [-0.05, 0) is 62.4 Å². The van der Waals surface area contributed by atoms with Gasteiger partial charge in [0.15, 0.2) is 0 Å². The molecule has 0 atom stereocenters. The Bertz CT molecular complexity index is 1470. The van der Waals surface area contributed by atoms with Crippen molar-refractivity contribution in [1.29, 1.82) is 0 Å². The van der Waals surface area contributed by atoms with E-state index >= 15 is 0 Å². The van der Waals surface area contributed by atoms with Crippen LogP contribution in [0.15, 0.2) is 48.7 Å². The molecule has 0 bridgehead atoms. The monoisotopic (exact) mass is 586 g/mol. The van der Waals surface area contributed by atoms with Crippen molar-refractivity contribution in [2.24, 2.45) is 5.73 Å². The van der Waals surface area contributed by atoms with Gasteiger partial charge in [0.1, 0.15) is 17.1 Å². The van der Waals surface area contributed by atoms with Gasteiger partial charge in [-0.15, -0.1) is 0 Å². The summed E-state index contributed by atoms with van der Waals surface area (Å²) in [5.41, 5.74) is 7.93. The molecule has 5 N–H and O–H groups in total. The number of amides is 3. The lowest BCUT2D eigenvalue weighted by Crippen LogP contribution is -2.47. The molecule has 2 aliphatic rings. The van der Waals surface area contributed by atoms with Crippen LogP contribution in [0.4, 0.5) is 23.1 Å². The number of nitrogens with two attached hydrogens (primary N) is 1. The van der Waals surface area contributed by atoms with Crippen LogP contribution in [0, 0.1) is 0 Å². The Hall–Kier alpha value is -4.71. The molecule has 12 heteroatoms. The summed E-state index contributed by atoms with van der Waals surface area (Å²) in [6.07, 6.45) is 6.90. The van der Waals surface area contributed by atoms with Crippen LogP contribution in [0.5, 0.6) is 5.75 Å². The molecule has 2 fully saturated rings. The molecule has 1 saturated carbocycles. The average molecular weight is 587 g/mol. The second-order valence-electron chi connectivity index (χ2n) is 11.0. The molecular formula is C31H38N8O4. The van der Waals surface area contributed by atoms with E-state index in [4.69, 9.17) is 10.5 Å². The van der Waals surface area contributed by atoms with Crippen LogP contribution in [0.2, 0.25) is 0 Å². The zero-order chi connectivity index (χ0) is 30.3. The van der Waals surface area contributed by atoms with Gasteiger partial charge in [-0.2, -0.15) is 4.98 Å². The maximum atomic E-state index is 13.1. The number of methoxy groups -OCH3 is 1. The number of anilines is 4. The Labute approximate surface area is 251 Å². The molecule has 2 aromatic carbocycles. The van der Waals surface area contributed by atoms with Gasteiger partial charge in [0.2, 0.25) is 5.95 Å². The highest BCUT2D eigenvalue weighted by molar-refractivity contribution is 5.99. The SMILES string of the molecule is COc1cc(C(=O)N2CCN(C)CC2)ccc1Nc1nc(Nc2ccc(C(=O)NC3CCCCC3)cc2)ncc1C(N)=O. The van der Waals surface area contributed by atoms with Crippen LogP contribution in [0.3, 0.4) is 0 Å². The number of rotatable bonds is 9. The Balaban J connectivity index is 1.29. The molecule has 0 spiro atoms. The quantitative estimate of drug-likeness (QED) is 0.295. The first-order chi connectivity index (χ1) is 20.8. The van der Waals surface area contributed by atoms with E-state index < -0.39 is 5.91 Å². The molecule has 1 aromatic heterocycles. The summed E-state index contributed by atoms with van der Waals surface area (Å²) < 4.78 is 5.57. The number of aromatic nitrogens is 2. The van der Waals surface area contributed by atoms with Crippen molar-refractivity contribution in [1.82, 2.24) is 25.1 Å². The Morgan fingerprint density at radius 2 is 1.63 bits per heavy atom. The molecular weight excluding hydrogens is 548 g/mol. The zero-order valence-corrected chi connectivity index (χ0v) is 24.6. The predicted octanol–water partition coefficient (Wildman–Crippen LogP) is 3.52. The summed E-state index contributed by atoms with van der Waals surface area (Å²) in [6, 6.07) is 12.3. The lowest BCUT2D eigenvalue weighted by atomic mass is 9.95. The molecule has 0 radical (unpaired) electrons. The third-order valence-corrected chi connectivity index (χ3v) is 7.89. The highest BCUT2D eigenvalue weighted by Gasteiger charge is 2.22. The maximum absolute atomic E-state index is 13.1. The molecule has 5 rings (SSSR count). The van der Waals surface area contributed by atoms with Crippen LogP contribution in [-0.4, -0.2) is 83.9 Å². The number of piperazine rings is 1. The largest absolute Gasteiger partial charge is 0.495 e. The molecule has 43 heavy (non-hydrogen) atoms. The van der Waals surface area contributed by atoms with Crippen LogP contribution in [0.1, 0.15) is 63.2 Å². The molecule has 3 amide bonds. The summed E-state index contributed by atoms with van der Waals surface area (Å²) >= 11 is 0. The molecule has 1 saturated heterocycles. The van der Waals surface area contributed by atoms with Gasteiger partial charge >= 0.3 is 0 Å². The van der Waals surface area contributed by atoms with Gasteiger partial charge in [0.25, 0.3) is 17.7 Å². The van der Waals surface area contributed by atoms with E-state index in [1.54, 1.807) is 42.5 Å². The normalized spacial score (nSPS) is 15.9. The van der Waals surface area contributed by atoms with Gasteiger partial charge in [-0.25, -0.2) is 4.98 Å². The number of nitrogens with one attached hydrogen (secondary N) is 3. The van der Waals surface area contributed by atoms with Gasteiger partial charge in [0, 0.05) is 55.2 Å². The Morgan fingerprint density at radius 1 is 0.930 bits per heavy atom. The number of nitrogens with zero attached hydrogens (tertiary/aromatic N) is 4. The Kier molecular flexibility index (Phi) is 9.35. The number of hydrogen-bond donors (Lipinski definition) is 4. The van der Waals surface area contributed by atoms with Crippen LogP contribution in [-0.2, 0) is 0 Å². The van der Waals surface area contributed by atoms with Crippen LogP contribution in [0.25, 0.3) is 0 Å². The van der Waals surface area contributed by atoms with E-state index in [0.29, 0.717) is 41.3 Å². The lowest BCUT2D eigenvalue weighted by Gasteiger charge is -2.32. The number of primary amides is 1. The minimum atomic E-state index is -0.705. The highest BCUT2D eigenvalue weighted by atomic mass is 16.5. The highest BCUT2D eigenvalue weighted by Crippen LogP contribution is 2.30. The van der Waals surface area contributed by atoms with E-state index in [-0.39, 0.29) is 35.2 Å². The third kappa shape index (κ3) is 7.39. The molecule has 0 unspecified atom stereocenters. The molecule has 3 aromatic rings. The summed E-state index contributed by atoms with van der Waals surface area (Å²) in [4.78, 5) is 50.7. The summed E-state index contributed by atoms with van der Waals surface area (Å²) in [5.74, 6) is -0.0644. The van der Waals surface area contributed by atoms with Crippen LogP contribution >= 0.6 is 0 Å². The number of hydrogen-bond acceptors (Lipinski definition) is 9. The lowest BCUT2D eigenvalue weighted by molar-refractivity contribution is 0.0663. The number of carbonyl (C=O) groups is 3. The van der Waals surface area contributed by atoms with Gasteiger partial charge in [-0.3, -0.25) is 14.4 Å². The fourth-order valence-corrected chi connectivity index (χ4v) is 5.31. The van der Waals surface area contributed by atoms with E-state index in [0.717, 1.165) is 38.8 Å². The van der Waals surface area contributed by atoms with Crippen molar-refractivity contribution >= 4 is 40.9 Å². The molecule has 1 aliphatic carbocycles. The summed E-state index contributed by atoms with van der Waals surface area (Å²) in [7, 11) is 3.54. The average Bonchev–Trinajstić information content (AvgIpc) is 3.02. The second kappa shape index (κ2) is 13.5. The molecule has 12 nitrogen and oxygen atoms in total. The number of likely N-dealkylation sites (N-methyl/N-ethyl adjacent to an activating group) is 1. The third-order valence-electron chi connectivity index (χ3n) is 7.89. The van der Waals surface area contributed by atoms with Crippen LogP contribution < -0.4 is 26.4 Å². The van der Waals surface area contributed by atoms with E-state index in [9.17, 15) is 14.4 Å². The van der Waals surface area contributed by atoms with Gasteiger partial charge in [0.05, 0.1) is 12.8 Å². The van der Waals surface area contributed by atoms with Crippen molar-refractivity contribution in [3.8, 4) is 5.75 Å². The molecule has 226 valence electrons. The fraction of sp³-hybridized carbons (Fsp3) is 0.387. The molecule has 2 heterocycles. The number of ether oxygens (including phenoxy) is 1. The van der Waals surface area contributed by atoms with E-state index in [1.165, 1.54) is 19.7 Å². The van der Waals surface area contributed by atoms with E-state index in [1.807, 2.05) is 11.9 Å². The number of benzene rings is 2. The first kappa shape index (κ1) is 29.8. The summed E-state index contributed by atoms with van der Waals surface area (Å²) in [6.45, 7) is 2.96.